The molecular weight excluding hydrogens is 591 g/mol. The first-order valence-electron chi connectivity index (χ1n) is 15.9. The van der Waals surface area contributed by atoms with Crippen LogP contribution in [0, 0.1) is 0 Å². The molecule has 0 saturated carbocycles. The number of para-hydroxylation sites is 2. The lowest BCUT2D eigenvalue weighted by molar-refractivity contribution is 0.673. The lowest BCUT2D eigenvalue weighted by Gasteiger charge is -2.08. The summed E-state index contributed by atoms with van der Waals surface area (Å²) in [6.45, 7) is 0. The van der Waals surface area contributed by atoms with Crippen molar-refractivity contribution < 1.29 is 4.42 Å². The molecule has 0 unspecified atom stereocenters. The van der Waals surface area contributed by atoms with E-state index in [4.69, 9.17) is 4.42 Å². The van der Waals surface area contributed by atoms with Gasteiger partial charge in [0.25, 0.3) is 0 Å². The van der Waals surface area contributed by atoms with Crippen LogP contribution >= 0.6 is 11.3 Å². The second kappa shape index (κ2) is 10.3. The van der Waals surface area contributed by atoms with E-state index in [2.05, 4.69) is 168 Å². The van der Waals surface area contributed by atoms with Crippen molar-refractivity contribution in [2.24, 2.45) is 0 Å². The van der Waals surface area contributed by atoms with Gasteiger partial charge in [-0.3, -0.25) is 0 Å². The first-order chi connectivity index (χ1) is 23.3. The van der Waals surface area contributed by atoms with Crippen LogP contribution in [-0.4, -0.2) is 4.57 Å². The Morgan fingerprint density at radius 1 is 0.426 bits per heavy atom. The van der Waals surface area contributed by atoms with E-state index in [1.54, 1.807) is 0 Å². The molecule has 0 spiro atoms. The Labute approximate surface area is 275 Å². The summed E-state index contributed by atoms with van der Waals surface area (Å²) in [7, 11) is 0. The van der Waals surface area contributed by atoms with E-state index in [1.807, 2.05) is 11.3 Å². The minimum Gasteiger partial charge on any atom is -0.454 e. The predicted octanol–water partition coefficient (Wildman–Crippen LogP) is 12.9. The number of fused-ring (bicyclic) bond motifs is 8. The summed E-state index contributed by atoms with van der Waals surface area (Å²) < 4.78 is 11.5. The standard InChI is InChI=1S/C44H27NOS/c1-3-11-29(12-4-1)33-16-9-18-35-36-19-10-17-34(44(36)47-43(33)35)30-23-21-28(22-24-30)31-25-26-40-38(27-31)41-42(46-40)37-15-7-8-20-39(37)45(41)32-13-5-2-6-14-32/h1-27H. The van der Waals surface area contributed by atoms with Gasteiger partial charge < -0.3 is 8.98 Å². The second-order valence-corrected chi connectivity index (χ2v) is 13.1. The molecule has 0 radical (unpaired) electrons. The molecular formula is C44H27NOS. The zero-order valence-corrected chi connectivity index (χ0v) is 26.2. The molecule has 47 heavy (non-hydrogen) atoms. The molecule has 0 aliphatic carbocycles. The number of benzene rings is 7. The molecule has 3 heterocycles. The summed E-state index contributed by atoms with van der Waals surface area (Å²) in [5.41, 5.74) is 12.6. The fourth-order valence-electron chi connectivity index (χ4n) is 7.23. The quantitative estimate of drug-likeness (QED) is 0.192. The SMILES string of the molecule is c1ccc(-c2cccc3c2sc2c(-c4ccc(-c5ccc6oc7c8ccccc8n(-c8ccccc8)c7c6c5)cc4)cccc23)cc1. The van der Waals surface area contributed by atoms with Crippen LogP contribution in [0.25, 0.3) is 92.2 Å². The minimum atomic E-state index is 0.900. The highest BCUT2D eigenvalue weighted by Crippen LogP contribution is 2.44. The number of furan rings is 1. The van der Waals surface area contributed by atoms with Crippen molar-refractivity contribution in [3.8, 4) is 39.1 Å². The number of hydrogen-bond acceptors (Lipinski definition) is 2. The van der Waals surface area contributed by atoms with Gasteiger partial charge in [-0.1, -0.05) is 127 Å². The average Bonchev–Trinajstić information content (AvgIpc) is 3.81. The van der Waals surface area contributed by atoms with Gasteiger partial charge in [0, 0.05) is 36.6 Å². The maximum atomic E-state index is 6.52. The van der Waals surface area contributed by atoms with Gasteiger partial charge in [-0.25, -0.2) is 0 Å². The molecule has 0 fully saturated rings. The molecule has 7 aromatic carbocycles. The summed E-state index contributed by atoms with van der Waals surface area (Å²) in [4.78, 5) is 0. The zero-order valence-electron chi connectivity index (χ0n) is 25.4. The maximum absolute atomic E-state index is 6.52. The number of thiophene rings is 1. The van der Waals surface area contributed by atoms with Crippen molar-refractivity contribution in [3.05, 3.63) is 164 Å². The Balaban J connectivity index is 1.09. The molecule has 0 aliphatic rings. The van der Waals surface area contributed by atoms with Crippen molar-refractivity contribution in [2.45, 2.75) is 0 Å². The fourth-order valence-corrected chi connectivity index (χ4v) is 8.60. The second-order valence-electron chi connectivity index (χ2n) is 12.1. The third kappa shape index (κ3) is 4.04. The Kier molecular flexibility index (Phi) is 5.78. The van der Waals surface area contributed by atoms with Crippen molar-refractivity contribution in [3.63, 3.8) is 0 Å². The highest BCUT2D eigenvalue weighted by Gasteiger charge is 2.20. The van der Waals surface area contributed by atoms with Crippen molar-refractivity contribution >= 4 is 64.5 Å². The smallest absolute Gasteiger partial charge is 0.161 e. The van der Waals surface area contributed by atoms with Crippen molar-refractivity contribution in [1.82, 2.24) is 4.57 Å². The number of aromatic nitrogens is 1. The summed E-state index contributed by atoms with van der Waals surface area (Å²) in [6.07, 6.45) is 0. The number of rotatable bonds is 4. The molecule has 10 rings (SSSR count). The first kappa shape index (κ1) is 26.3. The summed E-state index contributed by atoms with van der Waals surface area (Å²) in [5.74, 6) is 0. The lowest BCUT2D eigenvalue weighted by atomic mass is 9.98. The third-order valence-electron chi connectivity index (χ3n) is 9.43. The Hall–Kier alpha value is -5.90. The molecule has 3 heteroatoms. The number of nitrogens with zero attached hydrogens (tertiary/aromatic N) is 1. The van der Waals surface area contributed by atoms with E-state index >= 15 is 0 Å². The molecule has 0 bridgehead atoms. The molecule has 0 aliphatic heterocycles. The van der Waals surface area contributed by atoms with E-state index in [-0.39, 0.29) is 0 Å². The molecule has 10 aromatic rings. The maximum Gasteiger partial charge on any atom is 0.161 e. The van der Waals surface area contributed by atoms with E-state index in [1.165, 1.54) is 53.6 Å². The van der Waals surface area contributed by atoms with Crippen LogP contribution in [0.1, 0.15) is 0 Å². The molecule has 0 amide bonds. The van der Waals surface area contributed by atoms with Crippen LogP contribution < -0.4 is 0 Å². The van der Waals surface area contributed by atoms with Gasteiger partial charge in [-0.15, -0.1) is 11.3 Å². The van der Waals surface area contributed by atoms with Crippen LogP contribution in [0.3, 0.4) is 0 Å². The largest absolute Gasteiger partial charge is 0.454 e. The Morgan fingerprint density at radius 3 is 1.72 bits per heavy atom. The van der Waals surface area contributed by atoms with Gasteiger partial charge in [0.2, 0.25) is 0 Å². The zero-order chi connectivity index (χ0) is 30.9. The van der Waals surface area contributed by atoms with Crippen LogP contribution in [0.4, 0.5) is 0 Å². The van der Waals surface area contributed by atoms with Crippen LogP contribution in [0.5, 0.6) is 0 Å². The summed E-state index contributed by atoms with van der Waals surface area (Å²) in [5, 5.41) is 4.87. The van der Waals surface area contributed by atoms with E-state index in [9.17, 15) is 0 Å². The van der Waals surface area contributed by atoms with Gasteiger partial charge in [0.1, 0.15) is 11.1 Å². The highest BCUT2D eigenvalue weighted by atomic mass is 32.1. The predicted molar refractivity (Wildman–Crippen MR) is 200 cm³/mol. The Bertz CT molecular complexity index is 2770. The molecule has 3 aromatic heterocycles. The topological polar surface area (TPSA) is 18.1 Å². The summed E-state index contributed by atoms with van der Waals surface area (Å²) >= 11 is 1.90. The first-order valence-corrected chi connectivity index (χ1v) is 16.7. The molecule has 0 N–H and O–H groups in total. The molecule has 2 nitrogen and oxygen atoms in total. The fraction of sp³-hybridized carbons (Fsp3) is 0. The van der Waals surface area contributed by atoms with Crippen molar-refractivity contribution in [2.75, 3.05) is 0 Å². The van der Waals surface area contributed by atoms with Crippen molar-refractivity contribution in [1.29, 1.82) is 0 Å². The monoisotopic (exact) mass is 617 g/mol. The van der Waals surface area contributed by atoms with Gasteiger partial charge in [0.15, 0.2) is 5.58 Å². The van der Waals surface area contributed by atoms with Gasteiger partial charge in [0.05, 0.1) is 5.52 Å². The molecule has 0 saturated heterocycles. The van der Waals surface area contributed by atoms with E-state index < -0.39 is 0 Å². The summed E-state index contributed by atoms with van der Waals surface area (Å²) in [6, 6.07) is 58.8. The Morgan fingerprint density at radius 2 is 1.00 bits per heavy atom. The van der Waals surface area contributed by atoms with Gasteiger partial charge in [-0.2, -0.15) is 0 Å². The van der Waals surface area contributed by atoms with E-state index in [0.717, 1.165) is 38.7 Å². The van der Waals surface area contributed by atoms with Crippen LogP contribution in [0.15, 0.2) is 168 Å². The number of hydrogen-bond donors (Lipinski definition) is 0. The highest BCUT2D eigenvalue weighted by molar-refractivity contribution is 7.26. The van der Waals surface area contributed by atoms with Gasteiger partial charge >= 0.3 is 0 Å². The molecule has 0 atom stereocenters. The van der Waals surface area contributed by atoms with Crippen LogP contribution in [-0.2, 0) is 0 Å². The normalized spacial score (nSPS) is 11.8. The molecule has 220 valence electrons. The van der Waals surface area contributed by atoms with E-state index in [0.29, 0.717) is 0 Å². The third-order valence-corrected chi connectivity index (χ3v) is 10.7. The minimum absolute atomic E-state index is 0.900. The average molecular weight is 618 g/mol. The van der Waals surface area contributed by atoms with Gasteiger partial charge in [-0.05, 0) is 69.8 Å². The lowest BCUT2D eigenvalue weighted by Crippen LogP contribution is -1.92. The van der Waals surface area contributed by atoms with Crippen LogP contribution in [0.2, 0.25) is 0 Å².